The van der Waals surface area contributed by atoms with Crippen molar-refractivity contribution in [3.05, 3.63) is 131 Å². The van der Waals surface area contributed by atoms with Gasteiger partial charge in [0.15, 0.2) is 0 Å². The molecule has 2 amide bonds. The van der Waals surface area contributed by atoms with Gasteiger partial charge in [0.25, 0.3) is 11.8 Å². The Labute approximate surface area is 247 Å². The van der Waals surface area contributed by atoms with Crippen LogP contribution in [0.2, 0.25) is 0 Å². The fourth-order valence-corrected chi connectivity index (χ4v) is 6.34. The van der Waals surface area contributed by atoms with E-state index in [9.17, 15) is 18.0 Å². The Morgan fingerprint density at radius 3 is 2.14 bits per heavy atom. The first-order chi connectivity index (χ1) is 20.3. The zero-order valence-corrected chi connectivity index (χ0v) is 24.3. The van der Waals surface area contributed by atoms with E-state index in [1.807, 2.05) is 67.6 Å². The monoisotopic (exact) mass is 582 g/mol. The van der Waals surface area contributed by atoms with Crippen LogP contribution in [0.15, 0.2) is 108 Å². The zero-order valence-electron chi connectivity index (χ0n) is 23.5. The van der Waals surface area contributed by atoms with E-state index in [1.165, 1.54) is 4.31 Å². The van der Waals surface area contributed by atoms with Crippen LogP contribution in [0.5, 0.6) is 0 Å². The van der Waals surface area contributed by atoms with Crippen LogP contribution in [0.3, 0.4) is 0 Å². The maximum Gasteiger partial charge on any atom is 0.255 e. The number of carbonyl (C=O) groups is 2. The normalized spacial score (nSPS) is 14.3. The van der Waals surface area contributed by atoms with Crippen molar-refractivity contribution in [3.8, 4) is 0 Å². The minimum absolute atomic E-state index is 0.271. The fraction of sp³-hybridized carbons (Fsp3) is 0.212. The number of hydrogen-bond donors (Lipinski definition) is 2. The predicted octanol–water partition coefficient (Wildman–Crippen LogP) is 4.68. The molecule has 2 N–H and O–H groups in total. The molecule has 5 rings (SSSR count). The zero-order chi connectivity index (χ0) is 29.5. The predicted molar refractivity (Wildman–Crippen MR) is 164 cm³/mol. The number of para-hydroxylation sites is 1. The summed E-state index contributed by atoms with van der Waals surface area (Å²) in [4.78, 5) is 28.6. The number of piperazine rings is 1. The van der Waals surface area contributed by atoms with E-state index < -0.39 is 10.0 Å². The summed E-state index contributed by atoms with van der Waals surface area (Å²) in [5, 5.41) is 5.80. The fourth-order valence-electron chi connectivity index (χ4n) is 4.91. The number of benzene rings is 4. The van der Waals surface area contributed by atoms with E-state index in [4.69, 9.17) is 0 Å². The van der Waals surface area contributed by atoms with E-state index in [2.05, 4.69) is 15.5 Å². The third kappa shape index (κ3) is 7.12. The molecule has 0 saturated carbocycles. The molecule has 1 fully saturated rings. The van der Waals surface area contributed by atoms with Crippen molar-refractivity contribution in [3.63, 3.8) is 0 Å². The van der Waals surface area contributed by atoms with Crippen LogP contribution in [0.25, 0.3) is 0 Å². The second-order valence-electron chi connectivity index (χ2n) is 10.4. The largest absolute Gasteiger partial charge is 0.348 e. The second-order valence-corrected chi connectivity index (χ2v) is 12.3. The van der Waals surface area contributed by atoms with Crippen molar-refractivity contribution in [1.82, 2.24) is 14.5 Å². The maximum absolute atomic E-state index is 13.2. The molecule has 1 aliphatic heterocycles. The number of anilines is 1. The molecule has 1 saturated heterocycles. The van der Waals surface area contributed by atoms with Gasteiger partial charge in [-0.2, -0.15) is 4.31 Å². The Morgan fingerprint density at radius 1 is 0.738 bits per heavy atom. The van der Waals surface area contributed by atoms with Crippen molar-refractivity contribution >= 4 is 27.5 Å². The van der Waals surface area contributed by atoms with Crippen molar-refractivity contribution in [2.75, 3.05) is 31.5 Å². The summed E-state index contributed by atoms with van der Waals surface area (Å²) < 4.78 is 27.6. The number of amides is 2. The molecule has 0 aromatic heterocycles. The Morgan fingerprint density at radius 2 is 1.40 bits per heavy atom. The molecule has 0 atom stereocenters. The maximum atomic E-state index is 13.2. The van der Waals surface area contributed by atoms with Crippen LogP contribution in [-0.2, 0) is 23.1 Å². The summed E-state index contributed by atoms with van der Waals surface area (Å²) in [6, 6.07) is 30.9. The Hall–Kier alpha value is -4.31. The SMILES string of the molecule is Cc1ccc(S(=O)(=O)N2CCN(Cc3cccc(C(=O)Nc4ccccc4C(=O)NCc4ccccc4)c3)CC2)cc1. The number of rotatable bonds is 9. The molecule has 1 heterocycles. The van der Waals surface area contributed by atoms with Crippen LogP contribution < -0.4 is 10.6 Å². The number of nitrogens with zero attached hydrogens (tertiary/aromatic N) is 2. The summed E-state index contributed by atoms with van der Waals surface area (Å²) in [5.41, 5.74) is 4.25. The Bertz CT molecular complexity index is 1650. The number of nitrogens with one attached hydrogen (secondary N) is 2. The molecule has 1 aliphatic rings. The van der Waals surface area contributed by atoms with E-state index in [-0.39, 0.29) is 11.8 Å². The standard InChI is InChI=1S/C33H34N4O4S/c1-25-14-16-29(17-15-25)42(40,41)37-20-18-36(19-21-37)24-27-10-7-11-28(22-27)32(38)35-31-13-6-5-12-30(31)33(39)34-23-26-8-3-2-4-9-26/h2-17,22H,18-21,23-24H2,1H3,(H,34,39)(H,35,38). The first kappa shape index (κ1) is 29.2. The van der Waals surface area contributed by atoms with Gasteiger partial charge in [-0.05, 0) is 54.4 Å². The van der Waals surface area contributed by atoms with Gasteiger partial charge in [-0.15, -0.1) is 0 Å². The van der Waals surface area contributed by atoms with Gasteiger partial charge in [0, 0.05) is 44.8 Å². The summed E-state index contributed by atoms with van der Waals surface area (Å²) in [7, 11) is -3.53. The molecule has 0 radical (unpaired) electrons. The lowest BCUT2D eigenvalue weighted by Crippen LogP contribution is -2.48. The molecule has 42 heavy (non-hydrogen) atoms. The van der Waals surface area contributed by atoms with E-state index >= 15 is 0 Å². The van der Waals surface area contributed by atoms with Crippen molar-refractivity contribution in [1.29, 1.82) is 0 Å². The van der Waals surface area contributed by atoms with Gasteiger partial charge in [0.1, 0.15) is 0 Å². The first-order valence-electron chi connectivity index (χ1n) is 13.9. The van der Waals surface area contributed by atoms with Gasteiger partial charge in [-0.3, -0.25) is 14.5 Å². The molecule has 0 bridgehead atoms. The van der Waals surface area contributed by atoms with E-state index in [0.29, 0.717) is 61.0 Å². The number of sulfonamides is 1. The number of hydrogen-bond acceptors (Lipinski definition) is 5. The highest BCUT2D eigenvalue weighted by Gasteiger charge is 2.28. The van der Waals surface area contributed by atoms with Gasteiger partial charge in [0.05, 0.1) is 16.1 Å². The molecule has 0 unspecified atom stereocenters. The Balaban J connectivity index is 1.18. The molecule has 4 aromatic carbocycles. The second kappa shape index (κ2) is 13.1. The van der Waals surface area contributed by atoms with Crippen molar-refractivity contribution < 1.29 is 18.0 Å². The van der Waals surface area contributed by atoms with Gasteiger partial charge >= 0.3 is 0 Å². The molecule has 4 aromatic rings. The lowest BCUT2D eigenvalue weighted by atomic mass is 10.1. The molecular formula is C33H34N4O4S. The van der Waals surface area contributed by atoms with Crippen molar-refractivity contribution in [2.45, 2.75) is 24.9 Å². The average molecular weight is 583 g/mol. The third-order valence-corrected chi connectivity index (χ3v) is 9.21. The average Bonchev–Trinajstić information content (AvgIpc) is 3.01. The van der Waals surface area contributed by atoms with Crippen LogP contribution in [-0.4, -0.2) is 55.6 Å². The molecule has 8 nitrogen and oxygen atoms in total. The van der Waals surface area contributed by atoms with Crippen LogP contribution >= 0.6 is 0 Å². The molecular weight excluding hydrogens is 548 g/mol. The first-order valence-corrected chi connectivity index (χ1v) is 15.3. The topological polar surface area (TPSA) is 98.8 Å². The molecule has 0 spiro atoms. The van der Waals surface area contributed by atoms with E-state index in [1.54, 1.807) is 42.5 Å². The number of aryl methyl sites for hydroxylation is 1. The molecule has 9 heteroatoms. The molecule has 216 valence electrons. The minimum atomic E-state index is -3.53. The lowest BCUT2D eigenvalue weighted by Gasteiger charge is -2.34. The molecule has 0 aliphatic carbocycles. The van der Waals surface area contributed by atoms with Crippen molar-refractivity contribution in [2.24, 2.45) is 0 Å². The van der Waals surface area contributed by atoms with Crippen LogP contribution in [0.1, 0.15) is 37.4 Å². The highest BCUT2D eigenvalue weighted by molar-refractivity contribution is 7.89. The third-order valence-electron chi connectivity index (χ3n) is 7.30. The Kier molecular flexibility index (Phi) is 9.12. The van der Waals surface area contributed by atoms with Gasteiger partial charge in [-0.25, -0.2) is 8.42 Å². The highest BCUT2D eigenvalue weighted by atomic mass is 32.2. The minimum Gasteiger partial charge on any atom is -0.348 e. The number of carbonyl (C=O) groups excluding carboxylic acids is 2. The summed E-state index contributed by atoms with van der Waals surface area (Å²) in [6.45, 7) is 4.90. The summed E-state index contributed by atoms with van der Waals surface area (Å²) in [6.07, 6.45) is 0. The van der Waals surface area contributed by atoms with Gasteiger partial charge in [0.2, 0.25) is 10.0 Å². The van der Waals surface area contributed by atoms with E-state index in [0.717, 1.165) is 16.7 Å². The van der Waals surface area contributed by atoms with Crippen LogP contribution in [0.4, 0.5) is 5.69 Å². The quantitative estimate of drug-likeness (QED) is 0.299. The summed E-state index contributed by atoms with van der Waals surface area (Å²) >= 11 is 0. The smallest absolute Gasteiger partial charge is 0.255 e. The lowest BCUT2D eigenvalue weighted by molar-refractivity contribution is 0.0951. The van der Waals surface area contributed by atoms with Crippen LogP contribution in [0, 0.1) is 6.92 Å². The van der Waals surface area contributed by atoms with Gasteiger partial charge < -0.3 is 10.6 Å². The summed E-state index contributed by atoms with van der Waals surface area (Å²) in [5.74, 6) is -0.582. The van der Waals surface area contributed by atoms with Gasteiger partial charge in [-0.1, -0.05) is 72.3 Å². The highest BCUT2D eigenvalue weighted by Crippen LogP contribution is 2.20.